The van der Waals surface area contributed by atoms with Crippen LogP contribution in [0.15, 0.2) is 30.3 Å². The second-order valence-electron chi connectivity index (χ2n) is 5.53. The zero-order valence-corrected chi connectivity index (χ0v) is 12.2. The van der Waals surface area contributed by atoms with E-state index in [1.165, 1.54) is 4.90 Å². The van der Waals surface area contributed by atoms with E-state index in [2.05, 4.69) is 10.7 Å². The summed E-state index contributed by atoms with van der Waals surface area (Å²) >= 11 is 0. The van der Waals surface area contributed by atoms with Crippen LogP contribution < -0.4 is 10.7 Å². The Morgan fingerprint density at radius 3 is 2.57 bits per heavy atom. The summed E-state index contributed by atoms with van der Waals surface area (Å²) in [4.78, 5) is 26.3. The quantitative estimate of drug-likeness (QED) is 0.859. The third-order valence-corrected chi connectivity index (χ3v) is 4.16. The van der Waals surface area contributed by atoms with E-state index >= 15 is 0 Å². The van der Waals surface area contributed by atoms with Gasteiger partial charge in [-0.25, -0.2) is 15.2 Å². The van der Waals surface area contributed by atoms with Crippen molar-refractivity contribution in [2.45, 2.75) is 38.5 Å². The van der Waals surface area contributed by atoms with E-state index in [4.69, 9.17) is 0 Å². The first kappa shape index (κ1) is 14.0. The van der Waals surface area contributed by atoms with Gasteiger partial charge in [0.05, 0.1) is 12.6 Å². The third kappa shape index (κ3) is 2.41. The second kappa shape index (κ2) is 5.46. The van der Waals surface area contributed by atoms with Gasteiger partial charge in [-0.2, -0.15) is 0 Å². The molecule has 6 heteroatoms. The van der Waals surface area contributed by atoms with E-state index < -0.39 is 0 Å². The van der Waals surface area contributed by atoms with Gasteiger partial charge in [0.25, 0.3) is 5.91 Å². The molecule has 2 aliphatic heterocycles. The van der Waals surface area contributed by atoms with Crippen LogP contribution >= 0.6 is 0 Å². The zero-order chi connectivity index (χ0) is 15.0. The first-order valence-electron chi connectivity index (χ1n) is 7.30. The lowest BCUT2D eigenvalue weighted by Gasteiger charge is -2.36. The molecule has 6 nitrogen and oxygen atoms in total. The van der Waals surface area contributed by atoms with Crippen molar-refractivity contribution in [2.75, 3.05) is 6.54 Å². The summed E-state index contributed by atoms with van der Waals surface area (Å²) in [5.74, 6) is -0.133. The molecule has 0 bridgehead atoms. The smallest absolute Gasteiger partial charge is 0.324 e. The standard InChI is InChI=1S/C15H20N4O2/c1-3-19-13-12(10(2)17-19)16-15(21)18(14(13)20)9-11-7-5-4-6-8-11/h4-8,10,12-13,17H,3,9H2,1-2H3,(H,16,21). The maximum absolute atomic E-state index is 12.7. The Morgan fingerprint density at radius 1 is 1.19 bits per heavy atom. The van der Waals surface area contributed by atoms with Gasteiger partial charge < -0.3 is 5.32 Å². The highest BCUT2D eigenvalue weighted by molar-refractivity contribution is 6.00. The summed E-state index contributed by atoms with van der Waals surface area (Å²) in [6.45, 7) is 4.99. The highest BCUT2D eigenvalue weighted by atomic mass is 16.2. The highest BCUT2D eigenvalue weighted by Crippen LogP contribution is 2.23. The Balaban J connectivity index is 1.83. The van der Waals surface area contributed by atoms with Gasteiger partial charge in [-0.1, -0.05) is 37.3 Å². The van der Waals surface area contributed by atoms with Gasteiger partial charge in [0, 0.05) is 12.6 Å². The second-order valence-corrected chi connectivity index (χ2v) is 5.53. The first-order valence-corrected chi connectivity index (χ1v) is 7.30. The van der Waals surface area contributed by atoms with Crippen LogP contribution in [0.25, 0.3) is 0 Å². The van der Waals surface area contributed by atoms with E-state index in [-0.39, 0.29) is 30.1 Å². The van der Waals surface area contributed by atoms with E-state index in [1.54, 1.807) is 0 Å². The number of nitrogens with zero attached hydrogens (tertiary/aromatic N) is 2. The summed E-state index contributed by atoms with van der Waals surface area (Å²) in [5.41, 5.74) is 4.20. The summed E-state index contributed by atoms with van der Waals surface area (Å²) in [6.07, 6.45) is 0. The number of hydrazine groups is 1. The number of fused-ring (bicyclic) bond motifs is 1. The predicted molar refractivity (Wildman–Crippen MR) is 78.1 cm³/mol. The summed E-state index contributed by atoms with van der Waals surface area (Å²) in [6, 6.07) is 8.81. The molecule has 2 heterocycles. The molecule has 0 aliphatic carbocycles. The third-order valence-electron chi connectivity index (χ3n) is 4.16. The number of hydrogen-bond acceptors (Lipinski definition) is 4. The normalized spacial score (nSPS) is 29.4. The van der Waals surface area contributed by atoms with Gasteiger partial charge in [0.2, 0.25) is 0 Å². The summed E-state index contributed by atoms with van der Waals surface area (Å²) in [5, 5.41) is 4.87. The van der Waals surface area contributed by atoms with Gasteiger partial charge in [0.1, 0.15) is 6.04 Å². The molecular formula is C15H20N4O2. The number of hydrogen-bond donors (Lipinski definition) is 2. The van der Waals surface area contributed by atoms with Crippen molar-refractivity contribution >= 4 is 11.9 Å². The van der Waals surface area contributed by atoms with E-state index in [0.717, 1.165) is 5.56 Å². The topological polar surface area (TPSA) is 64.7 Å². The Morgan fingerprint density at radius 2 is 1.90 bits per heavy atom. The van der Waals surface area contributed by atoms with Gasteiger partial charge in [-0.05, 0) is 12.5 Å². The minimum atomic E-state index is -0.327. The molecule has 0 spiro atoms. The molecular weight excluding hydrogens is 268 g/mol. The van der Waals surface area contributed by atoms with Crippen molar-refractivity contribution in [1.29, 1.82) is 0 Å². The maximum Gasteiger partial charge on any atom is 0.324 e. The van der Waals surface area contributed by atoms with Gasteiger partial charge >= 0.3 is 6.03 Å². The number of benzene rings is 1. The molecule has 0 aromatic heterocycles. The Bertz CT molecular complexity index is 548. The molecule has 0 radical (unpaired) electrons. The Hall–Kier alpha value is -1.92. The van der Waals surface area contributed by atoms with Crippen molar-refractivity contribution < 1.29 is 9.59 Å². The molecule has 21 heavy (non-hydrogen) atoms. The molecule has 2 N–H and O–H groups in total. The number of amides is 3. The van der Waals surface area contributed by atoms with E-state index in [9.17, 15) is 9.59 Å². The van der Waals surface area contributed by atoms with Gasteiger partial charge in [0.15, 0.2) is 0 Å². The van der Waals surface area contributed by atoms with Gasteiger partial charge in [-0.3, -0.25) is 9.69 Å². The number of imide groups is 1. The van der Waals surface area contributed by atoms with Crippen LogP contribution in [0, 0.1) is 0 Å². The number of likely N-dealkylation sites (N-methyl/N-ethyl adjacent to an activating group) is 1. The molecule has 0 saturated carbocycles. The lowest BCUT2D eigenvalue weighted by Crippen LogP contribution is -2.65. The van der Waals surface area contributed by atoms with Crippen LogP contribution in [0.4, 0.5) is 4.79 Å². The lowest BCUT2D eigenvalue weighted by atomic mass is 10.00. The van der Waals surface area contributed by atoms with Crippen LogP contribution in [-0.2, 0) is 11.3 Å². The molecule has 2 aliphatic rings. The number of carbonyl (C=O) groups is 2. The molecule has 1 aromatic carbocycles. The molecule has 3 atom stereocenters. The number of nitrogens with one attached hydrogen (secondary N) is 2. The predicted octanol–water partition coefficient (Wildman–Crippen LogP) is 0.704. The van der Waals surface area contributed by atoms with Crippen LogP contribution in [0.5, 0.6) is 0 Å². The van der Waals surface area contributed by atoms with E-state index in [0.29, 0.717) is 13.1 Å². The fourth-order valence-electron chi connectivity index (χ4n) is 3.06. The average Bonchev–Trinajstić information content (AvgIpc) is 2.81. The molecule has 3 unspecified atom stereocenters. The summed E-state index contributed by atoms with van der Waals surface area (Å²) < 4.78 is 0. The largest absolute Gasteiger partial charge is 0.331 e. The Labute approximate surface area is 124 Å². The SMILES string of the molecule is CCN1NC(C)C2NC(=O)N(Cc3ccccc3)C(=O)C21. The van der Waals surface area contributed by atoms with Crippen LogP contribution in [0.1, 0.15) is 19.4 Å². The highest BCUT2D eigenvalue weighted by Gasteiger charge is 2.50. The lowest BCUT2D eigenvalue weighted by molar-refractivity contribution is -0.136. The van der Waals surface area contributed by atoms with Crippen molar-refractivity contribution in [3.8, 4) is 0 Å². The van der Waals surface area contributed by atoms with Crippen molar-refractivity contribution in [3.63, 3.8) is 0 Å². The molecule has 112 valence electrons. The van der Waals surface area contributed by atoms with Crippen molar-refractivity contribution in [1.82, 2.24) is 20.7 Å². The zero-order valence-electron chi connectivity index (χ0n) is 12.2. The fourth-order valence-corrected chi connectivity index (χ4v) is 3.06. The van der Waals surface area contributed by atoms with Gasteiger partial charge in [-0.15, -0.1) is 0 Å². The Kier molecular flexibility index (Phi) is 3.65. The fraction of sp³-hybridized carbons (Fsp3) is 0.467. The molecule has 2 fully saturated rings. The minimum absolute atomic E-state index is 0.0572. The average molecular weight is 288 g/mol. The molecule has 3 rings (SSSR count). The number of carbonyl (C=O) groups excluding carboxylic acids is 2. The number of urea groups is 1. The van der Waals surface area contributed by atoms with Crippen LogP contribution in [-0.4, -0.2) is 46.5 Å². The summed E-state index contributed by atoms with van der Waals surface area (Å²) in [7, 11) is 0. The first-order chi connectivity index (χ1) is 10.1. The van der Waals surface area contributed by atoms with E-state index in [1.807, 2.05) is 49.2 Å². The van der Waals surface area contributed by atoms with Crippen LogP contribution in [0.2, 0.25) is 0 Å². The number of rotatable bonds is 3. The minimum Gasteiger partial charge on any atom is -0.331 e. The monoisotopic (exact) mass is 288 g/mol. The molecule has 3 amide bonds. The van der Waals surface area contributed by atoms with Crippen LogP contribution in [0.3, 0.4) is 0 Å². The maximum atomic E-state index is 12.7. The van der Waals surface area contributed by atoms with Crippen molar-refractivity contribution in [3.05, 3.63) is 35.9 Å². The molecule has 2 saturated heterocycles. The molecule has 1 aromatic rings. The van der Waals surface area contributed by atoms with Crippen molar-refractivity contribution in [2.24, 2.45) is 0 Å².